The highest BCUT2D eigenvalue weighted by Gasteiger charge is 2.49. The van der Waals surface area contributed by atoms with Crippen LogP contribution in [0.1, 0.15) is 18.2 Å². The Bertz CT molecular complexity index is 1230. The molecule has 2 aromatic heterocycles. The van der Waals surface area contributed by atoms with Gasteiger partial charge < -0.3 is 5.32 Å². The third-order valence-electron chi connectivity index (χ3n) is 5.24. The van der Waals surface area contributed by atoms with Crippen LogP contribution in [0.4, 0.5) is 4.79 Å². The van der Waals surface area contributed by atoms with Crippen molar-refractivity contribution >= 4 is 45.4 Å². The minimum absolute atomic E-state index is 0.158. The number of thiophene rings is 1. The Morgan fingerprint density at radius 3 is 2.72 bits per heavy atom. The normalized spacial score (nSPS) is 19.1. The molecule has 0 radical (unpaired) electrons. The maximum atomic E-state index is 13.3. The molecular formula is C22H17N3O2S2. The number of rotatable bonds is 4. The number of carbonyl (C=O) groups is 2. The van der Waals surface area contributed by atoms with Crippen molar-refractivity contribution in [3.63, 3.8) is 0 Å². The van der Waals surface area contributed by atoms with Gasteiger partial charge in [-0.25, -0.2) is 9.78 Å². The van der Waals surface area contributed by atoms with E-state index in [0.29, 0.717) is 5.69 Å². The van der Waals surface area contributed by atoms with Crippen LogP contribution in [0.2, 0.25) is 0 Å². The van der Waals surface area contributed by atoms with E-state index in [1.807, 2.05) is 64.7 Å². The van der Waals surface area contributed by atoms with E-state index in [4.69, 9.17) is 0 Å². The third-order valence-corrected chi connectivity index (χ3v) is 6.87. The van der Waals surface area contributed by atoms with Crippen LogP contribution >= 0.6 is 22.7 Å². The Morgan fingerprint density at radius 1 is 1.07 bits per heavy atom. The molecule has 1 aliphatic heterocycles. The zero-order chi connectivity index (χ0) is 20.0. The quantitative estimate of drug-likeness (QED) is 0.474. The van der Waals surface area contributed by atoms with Gasteiger partial charge in [-0.1, -0.05) is 42.5 Å². The standard InChI is InChI=1S/C22H17N3O2S2/c1-22(18-8-4-6-14-5-2-3-7-17(14)18)20(26)25(21(27)24-22)11-16-13-29-19(23-16)15-9-10-28-12-15/h2-10,12-13H,11H2,1H3,(H,24,27)/t22-/m1/s1. The average molecular weight is 420 g/mol. The minimum Gasteiger partial charge on any atom is -0.319 e. The molecule has 1 N–H and O–H groups in total. The molecule has 144 valence electrons. The first-order valence-corrected chi connectivity index (χ1v) is 11.0. The molecule has 29 heavy (non-hydrogen) atoms. The van der Waals surface area contributed by atoms with Crippen molar-refractivity contribution in [1.29, 1.82) is 0 Å². The van der Waals surface area contributed by atoms with Gasteiger partial charge in [-0.3, -0.25) is 9.69 Å². The van der Waals surface area contributed by atoms with Gasteiger partial charge in [-0.15, -0.1) is 11.3 Å². The van der Waals surface area contributed by atoms with Gasteiger partial charge in [0.1, 0.15) is 10.5 Å². The number of hydrogen-bond donors (Lipinski definition) is 1. The largest absolute Gasteiger partial charge is 0.325 e. The van der Waals surface area contributed by atoms with E-state index in [9.17, 15) is 9.59 Å². The summed E-state index contributed by atoms with van der Waals surface area (Å²) in [6.45, 7) is 1.93. The highest BCUT2D eigenvalue weighted by molar-refractivity contribution is 7.14. The second-order valence-corrected chi connectivity index (χ2v) is 8.77. The molecule has 0 saturated carbocycles. The van der Waals surface area contributed by atoms with Crippen molar-refractivity contribution in [1.82, 2.24) is 15.2 Å². The first-order valence-electron chi connectivity index (χ1n) is 9.15. The number of thiazole rings is 1. The van der Waals surface area contributed by atoms with Gasteiger partial charge in [0.15, 0.2) is 0 Å². The van der Waals surface area contributed by atoms with E-state index < -0.39 is 11.6 Å². The summed E-state index contributed by atoms with van der Waals surface area (Å²) in [5.41, 5.74) is 1.46. The van der Waals surface area contributed by atoms with Crippen LogP contribution in [0.3, 0.4) is 0 Å². The van der Waals surface area contributed by atoms with Gasteiger partial charge in [0, 0.05) is 16.3 Å². The summed E-state index contributed by atoms with van der Waals surface area (Å²) in [7, 11) is 0. The molecule has 1 saturated heterocycles. The van der Waals surface area contributed by atoms with E-state index in [0.717, 1.165) is 26.9 Å². The second kappa shape index (κ2) is 6.79. The van der Waals surface area contributed by atoms with E-state index >= 15 is 0 Å². The van der Waals surface area contributed by atoms with Crippen molar-refractivity contribution in [3.05, 3.63) is 75.9 Å². The second-order valence-electron chi connectivity index (χ2n) is 7.13. The van der Waals surface area contributed by atoms with Crippen LogP contribution in [-0.2, 0) is 16.9 Å². The lowest BCUT2D eigenvalue weighted by Gasteiger charge is -2.24. The fourth-order valence-electron chi connectivity index (χ4n) is 3.74. The Hall–Kier alpha value is -3.03. The van der Waals surface area contributed by atoms with Crippen molar-refractivity contribution in [2.45, 2.75) is 19.0 Å². The molecule has 0 spiro atoms. The number of nitrogens with one attached hydrogen (secondary N) is 1. The Morgan fingerprint density at radius 2 is 1.90 bits per heavy atom. The molecule has 1 fully saturated rings. The summed E-state index contributed by atoms with van der Waals surface area (Å²) < 4.78 is 0. The molecule has 4 aromatic rings. The van der Waals surface area contributed by atoms with Gasteiger partial charge in [0.05, 0.1) is 12.2 Å². The first-order chi connectivity index (χ1) is 14.1. The SMILES string of the molecule is C[C@]1(c2cccc3ccccc23)NC(=O)N(Cc2csc(-c3ccsc3)n2)C1=O. The number of imide groups is 1. The fraction of sp³-hybridized carbons (Fsp3) is 0.136. The number of urea groups is 1. The van der Waals surface area contributed by atoms with Crippen LogP contribution in [0.25, 0.3) is 21.3 Å². The summed E-state index contributed by atoms with van der Waals surface area (Å²) in [5.74, 6) is -0.260. The van der Waals surface area contributed by atoms with Crippen LogP contribution in [-0.4, -0.2) is 21.8 Å². The lowest BCUT2D eigenvalue weighted by Crippen LogP contribution is -2.41. The molecule has 3 heterocycles. The molecule has 1 aliphatic rings. The number of benzene rings is 2. The molecule has 3 amide bonds. The van der Waals surface area contributed by atoms with Gasteiger partial charge in [0.25, 0.3) is 5.91 Å². The van der Waals surface area contributed by atoms with Crippen LogP contribution in [0, 0.1) is 0 Å². The lowest BCUT2D eigenvalue weighted by atomic mass is 9.88. The van der Waals surface area contributed by atoms with Gasteiger partial charge in [-0.2, -0.15) is 11.3 Å². The zero-order valence-electron chi connectivity index (χ0n) is 15.6. The molecular weight excluding hydrogens is 402 g/mol. The summed E-state index contributed by atoms with van der Waals surface area (Å²) >= 11 is 3.13. The predicted molar refractivity (Wildman–Crippen MR) is 116 cm³/mol. The predicted octanol–water partition coefficient (Wildman–Crippen LogP) is 4.99. The highest BCUT2D eigenvalue weighted by atomic mass is 32.1. The van der Waals surface area contributed by atoms with Crippen molar-refractivity contribution in [2.75, 3.05) is 0 Å². The van der Waals surface area contributed by atoms with Crippen molar-refractivity contribution in [3.8, 4) is 10.6 Å². The molecule has 7 heteroatoms. The van der Waals surface area contributed by atoms with Crippen molar-refractivity contribution in [2.24, 2.45) is 0 Å². The van der Waals surface area contributed by atoms with E-state index in [-0.39, 0.29) is 12.5 Å². The van der Waals surface area contributed by atoms with Crippen LogP contribution in [0.15, 0.2) is 64.7 Å². The number of aromatic nitrogens is 1. The summed E-state index contributed by atoms with van der Waals surface area (Å²) in [6.07, 6.45) is 0. The highest BCUT2D eigenvalue weighted by Crippen LogP contribution is 2.35. The maximum absolute atomic E-state index is 13.3. The monoisotopic (exact) mass is 419 g/mol. The number of fused-ring (bicyclic) bond motifs is 1. The molecule has 0 bridgehead atoms. The van der Waals surface area contributed by atoms with E-state index in [1.165, 1.54) is 16.2 Å². The molecule has 5 nitrogen and oxygen atoms in total. The molecule has 2 aromatic carbocycles. The maximum Gasteiger partial charge on any atom is 0.325 e. The number of hydrogen-bond acceptors (Lipinski definition) is 5. The molecule has 1 atom stereocenters. The van der Waals surface area contributed by atoms with Gasteiger partial charge in [0.2, 0.25) is 0 Å². The average Bonchev–Trinajstić information content (AvgIpc) is 3.46. The smallest absolute Gasteiger partial charge is 0.319 e. The summed E-state index contributed by atoms with van der Waals surface area (Å²) in [4.78, 5) is 31.9. The molecule has 0 unspecified atom stereocenters. The number of carbonyl (C=O) groups excluding carboxylic acids is 2. The van der Waals surface area contributed by atoms with Gasteiger partial charge >= 0.3 is 6.03 Å². The number of amides is 3. The summed E-state index contributed by atoms with van der Waals surface area (Å²) in [6, 6.07) is 15.3. The van der Waals surface area contributed by atoms with Gasteiger partial charge in [-0.05, 0) is 34.7 Å². The van der Waals surface area contributed by atoms with Crippen molar-refractivity contribution < 1.29 is 9.59 Å². The fourth-order valence-corrected chi connectivity index (χ4v) is 5.27. The zero-order valence-corrected chi connectivity index (χ0v) is 17.2. The first kappa shape index (κ1) is 18.0. The summed E-state index contributed by atoms with van der Waals surface area (Å²) in [5, 5.41) is 11.7. The van der Waals surface area contributed by atoms with Crippen LogP contribution < -0.4 is 5.32 Å². The minimum atomic E-state index is -1.11. The molecule has 0 aliphatic carbocycles. The third kappa shape index (κ3) is 2.94. The van der Waals surface area contributed by atoms with E-state index in [2.05, 4.69) is 10.3 Å². The Labute approximate surface area is 175 Å². The Kier molecular flexibility index (Phi) is 4.22. The molecule has 5 rings (SSSR count). The number of nitrogens with zero attached hydrogens (tertiary/aromatic N) is 2. The van der Waals surface area contributed by atoms with Crippen LogP contribution in [0.5, 0.6) is 0 Å². The topological polar surface area (TPSA) is 62.3 Å². The lowest BCUT2D eigenvalue weighted by molar-refractivity contribution is -0.131. The Balaban J connectivity index is 1.47. The van der Waals surface area contributed by atoms with E-state index in [1.54, 1.807) is 18.3 Å².